The SMILES string of the molecule is COc1cccc(CC(C)N)c1OC.Cc1cccc(CC(C)N)c1C. The maximum atomic E-state index is 5.74. The van der Waals surface area contributed by atoms with E-state index in [2.05, 4.69) is 32.0 Å². The van der Waals surface area contributed by atoms with Crippen LogP contribution in [0.4, 0.5) is 0 Å². The van der Waals surface area contributed by atoms with Crippen LogP contribution in [0.1, 0.15) is 36.1 Å². The van der Waals surface area contributed by atoms with Crippen LogP contribution in [-0.2, 0) is 12.8 Å². The van der Waals surface area contributed by atoms with Crippen LogP contribution in [0.15, 0.2) is 36.4 Å². The van der Waals surface area contributed by atoms with Gasteiger partial charge in [-0.2, -0.15) is 0 Å². The molecule has 26 heavy (non-hydrogen) atoms. The van der Waals surface area contributed by atoms with E-state index in [4.69, 9.17) is 20.9 Å². The van der Waals surface area contributed by atoms with Gasteiger partial charge in [0.15, 0.2) is 11.5 Å². The highest BCUT2D eigenvalue weighted by molar-refractivity contribution is 5.46. The fourth-order valence-electron chi connectivity index (χ4n) is 2.84. The van der Waals surface area contributed by atoms with Gasteiger partial charge in [0.25, 0.3) is 0 Å². The molecule has 2 aromatic carbocycles. The van der Waals surface area contributed by atoms with Gasteiger partial charge in [-0.05, 0) is 68.9 Å². The molecule has 4 N–H and O–H groups in total. The van der Waals surface area contributed by atoms with Crippen LogP contribution in [0.3, 0.4) is 0 Å². The van der Waals surface area contributed by atoms with Gasteiger partial charge in [-0.15, -0.1) is 0 Å². The maximum absolute atomic E-state index is 5.74. The molecule has 0 spiro atoms. The van der Waals surface area contributed by atoms with E-state index in [0.29, 0.717) is 0 Å². The fourth-order valence-corrected chi connectivity index (χ4v) is 2.84. The molecule has 0 aliphatic rings. The molecule has 0 radical (unpaired) electrons. The first-order chi connectivity index (χ1) is 12.3. The average Bonchev–Trinajstić information content (AvgIpc) is 2.58. The summed E-state index contributed by atoms with van der Waals surface area (Å²) in [6, 6.07) is 12.6. The first-order valence-corrected chi connectivity index (χ1v) is 9.06. The van der Waals surface area contributed by atoms with Gasteiger partial charge in [-0.3, -0.25) is 0 Å². The number of rotatable bonds is 6. The van der Waals surface area contributed by atoms with Crippen LogP contribution in [0.25, 0.3) is 0 Å². The molecule has 0 saturated carbocycles. The molecule has 4 heteroatoms. The summed E-state index contributed by atoms with van der Waals surface area (Å²) in [7, 11) is 3.27. The summed E-state index contributed by atoms with van der Waals surface area (Å²) < 4.78 is 10.5. The number of para-hydroxylation sites is 1. The quantitative estimate of drug-likeness (QED) is 0.824. The number of aryl methyl sites for hydroxylation is 1. The maximum Gasteiger partial charge on any atom is 0.163 e. The van der Waals surface area contributed by atoms with Crippen molar-refractivity contribution >= 4 is 0 Å². The first kappa shape index (κ1) is 22.0. The topological polar surface area (TPSA) is 70.5 Å². The van der Waals surface area contributed by atoms with E-state index >= 15 is 0 Å². The number of hydrogen-bond acceptors (Lipinski definition) is 4. The van der Waals surface area contributed by atoms with Crippen molar-refractivity contribution in [3.05, 3.63) is 58.7 Å². The Morgan fingerprint density at radius 3 is 1.88 bits per heavy atom. The number of methoxy groups -OCH3 is 2. The van der Waals surface area contributed by atoms with Crippen molar-refractivity contribution in [3.8, 4) is 11.5 Å². The highest BCUT2D eigenvalue weighted by atomic mass is 16.5. The molecule has 2 unspecified atom stereocenters. The van der Waals surface area contributed by atoms with Crippen LogP contribution in [-0.4, -0.2) is 26.3 Å². The van der Waals surface area contributed by atoms with E-state index in [9.17, 15) is 0 Å². The lowest BCUT2D eigenvalue weighted by molar-refractivity contribution is 0.351. The molecule has 0 saturated heterocycles. The number of nitrogens with two attached hydrogens (primary N) is 2. The molecule has 2 atom stereocenters. The smallest absolute Gasteiger partial charge is 0.163 e. The second-order valence-electron chi connectivity index (χ2n) is 6.87. The minimum Gasteiger partial charge on any atom is -0.493 e. The van der Waals surface area contributed by atoms with Crippen molar-refractivity contribution in [1.82, 2.24) is 0 Å². The Bertz CT molecular complexity index is 682. The van der Waals surface area contributed by atoms with Gasteiger partial charge in [-0.1, -0.05) is 30.3 Å². The van der Waals surface area contributed by atoms with Gasteiger partial charge in [0.2, 0.25) is 0 Å². The predicted octanol–water partition coefficient (Wildman–Crippen LogP) is 3.79. The van der Waals surface area contributed by atoms with Gasteiger partial charge >= 0.3 is 0 Å². The van der Waals surface area contributed by atoms with Crippen LogP contribution < -0.4 is 20.9 Å². The molecule has 0 aromatic heterocycles. The van der Waals surface area contributed by atoms with Crippen molar-refractivity contribution in [1.29, 1.82) is 0 Å². The van der Waals surface area contributed by atoms with Gasteiger partial charge in [0.05, 0.1) is 14.2 Å². The van der Waals surface area contributed by atoms with Gasteiger partial charge in [-0.25, -0.2) is 0 Å². The van der Waals surface area contributed by atoms with Crippen LogP contribution >= 0.6 is 0 Å². The standard InChI is InChI=1S/C11H17NO2.C11H17N/c1-8(12)7-9-5-4-6-10(13-2)11(9)14-3;1-8-5-4-6-11(10(8)3)7-9(2)12/h4-6,8H,7,12H2,1-3H3;4-6,9H,7,12H2,1-3H3. The van der Waals surface area contributed by atoms with E-state index in [-0.39, 0.29) is 12.1 Å². The lowest BCUT2D eigenvalue weighted by Crippen LogP contribution is -2.18. The molecule has 0 amide bonds. The van der Waals surface area contributed by atoms with Crippen molar-refractivity contribution in [3.63, 3.8) is 0 Å². The van der Waals surface area contributed by atoms with E-state index in [1.165, 1.54) is 16.7 Å². The summed E-state index contributed by atoms with van der Waals surface area (Å²) in [6.07, 6.45) is 1.77. The Labute approximate surface area is 158 Å². The van der Waals surface area contributed by atoms with E-state index in [1.54, 1.807) is 14.2 Å². The van der Waals surface area contributed by atoms with Crippen LogP contribution in [0, 0.1) is 13.8 Å². The van der Waals surface area contributed by atoms with Crippen molar-refractivity contribution in [2.45, 2.75) is 52.6 Å². The van der Waals surface area contributed by atoms with Gasteiger partial charge < -0.3 is 20.9 Å². The molecule has 2 aromatic rings. The third-order valence-electron chi connectivity index (χ3n) is 4.29. The fraction of sp³-hybridized carbons (Fsp3) is 0.455. The Morgan fingerprint density at radius 1 is 0.808 bits per heavy atom. The van der Waals surface area contributed by atoms with E-state index < -0.39 is 0 Å². The van der Waals surface area contributed by atoms with Crippen LogP contribution in [0.2, 0.25) is 0 Å². The molecule has 0 aliphatic carbocycles. The van der Waals surface area contributed by atoms with Crippen molar-refractivity contribution in [2.75, 3.05) is 14.2 Å². The predicted molar refractivity (Wildman–Crippen MR) is 110 cm³/mol. The zero-order chi connectivity index (χ0) is 19.7. The second kappa shape index (κ2) is 10.8. The highest BCUT2D eigenvalue weighted by Crippen LogP contribution is 2.31. The Balaban J connectivity index is 0.000000263. The summed E-state index contributed by atoms with van der Waals surface area (Å²) in [4.78, 5) is 0. The van der Waals surface area contributed by atoms with E-state index in [0.717, 1.165) is 29.9 Å². The first-order valence-electron chi connectivity index (χ1n) is 9.06. The highest BCUT2D eigenvalue weighted by Gasteiger charge is 2.10. The molecule has 2 rings (SSSR count). The van der Waals surface area contributed by atoms with Gasteiger partial charge in [0.1, 0.15) is 0 Å². The molecule has 0 heterocycles. The number of hydrogen-bond donors (Lipinski definition) is 2. The summed E-state index contributed by atoms with van der Waals surface area (Å²) in [5, 5.41) is 0. The Kier molecular flexibility index (Phi) is 9.17. The summed E-state index contributed by atoms with van der Waals surface area (Å²) in [6.45, 7) is 8.31. The lowest BCUT2D eigenvalue weighted by atomic mass is 9.99. The van der Waals surface area contributed by atoms with Crippen LogP contribution in [0.5, 0.6) is 11.5 Å². The third-order valence-corrected chi connectivity index (χ3v) is 4.29. The van der Waals surface area contributed by atoms with Crippen molar-refractivity contribution in [2.24, 2.45) is 11.5 Å². The number of benzene rings is 2. The normalized spacial score (nSPS) is 12.6. The minimum absolute atomic E-state index is 0.121. The Morgan fingerprint density at radius 2 is 1.35 bits per heavy atom. The number of ether oxygens (including phenoxy) is 2. The molecular formula is C22H34N2O2. The molecule has 0 aliphatic heterocycles. The second-order valence-corrected chi connectivity index (χ2v) is 6.87. The Hall–Kier alpha value is -2.04. The largest absolute Gasteiger partial charge is 0.493 e. The molecule has 4 nitrogen and oxygen atoms in total. The summed E-state index contributed by atoms with van der Waals surface area (Å²) in [5.74, 6) is 1.54. The zero-order valence-electron chi connectivity index (χ0n) is 17.0. The molecular weight excluding hydrogens is 324 g/mol. The van der Waals surface area contributed by atoms with Gasteiger partial charge in [0, 0.05) is 12.1 Å². The average molecular weight is 359 g/mol. The summed E-state index contributed by atoms with van der Waals surface area (Å²) >= 11 is 0. The summed E-state index contributed by atoms with van der Waals surface area (Å²) in [5.41, 5.74) is 16.7. The third kappa shape index (κ3) is 6.70. The zero-order valence-corrected chi connectivity index (χ0v) is 17.0. The monoisotopic (exact) mass is 358 g/mol. The lowest BCUT2D eigenvalue weighted by Gasteiger charge is -2.13. The van der Waals surface area contributed by atoms with E-state index in [1.807, 2.05) is 32.0 Å². The van der Waals surface area contributed by atoms with Crippen molar-refractivity contribution < 1.29 is 9.47 Å². The minimum atomic E-state index is 0.121. The molecule has 0 bridgehead atoms. The molecule has 0 fully saturated rings. The molecule has 144 valence electrons.